The van der Waals surface area contributed by atoms with Crippen LogP contribution in [0.15, 0.2) is 12.1 Å². The van der Waals surface area contributed by atoms with Crippen LogP contribution < -0.4 is 10.6 Å². The molecule has 1 rings (SSSR count). The summed E-state index contributed by atoms with van der Waals surface area (Å²) in [6.45, 7) is 0.251. The number of nitriles is 1. The fraction of sp³-hybridized carbons (Fsp3) is 0.250. The second-order valence-corrected chi connectivity index (χ2v) is 3.80. The van der Waals surface area contributed by atoms with E-state index in [1.165, 1.54) is 0 Å². The predicted octanol–water partition coefficient (Wildman–Crippen LogP) is -0.437. The number of carbonyl (C=O) groups excluding carboxylic acids is 2. The number of aromatic hydroxyl groups is 3. The second-order valence-electron chi connectivity index (χ2n) is 3.80. The molecule has 0 heterocycles. The molecule has 0 aliphatic rings. The van der Waals surface area contributed by atoms with Gasteiger partial charge in [-0.3, -0.25) is 9.59 Å². The third kappa shape index (κ3) is 4.06. The molecular formula is C12H13N3O5. The number of amides is 2. The molecule has 8 heteroatoms. The van der Waals surface area contributed by atoms with E-state index in [0.717, 1.165) is 12.1 Å². The number of nitrogens with zero attached hydrogens (tertiary/aromatic N) is 1. The van der Waals surface area contributed by atoms with Crippen molar-refractivity contribution < 1.29 is 24.9 Å². The summed E-state index contributed by atoms with van der Waals surface area (Å²) in [6, 6.07) is 3.68. The molecular weight excluding hydrogens is 266 g/mol. The van der Waals surface area contributed by atoms with E-state index in [9.17, 15) is 19.8 Å². The molecule has 106 valence electrons. The molecule has 5 N–H and O–H groups in total. The maximum Gasteiger partial charge on any atom is 0.251 e. The van der Waals surface area contributed by atoms with Gasteiger partial charge < -0.3 is 26.0 Å². The van der Waals surface area contributed by atoms with Gasteiger partial charge in [0.05, 0.1) is 6.07 Å². The maximum atomic E-state index is 11.7. The minimum atomic E-state index is -0.703. The Morgan fingerprint density at radius 3 is 2.20 bits per heavy atom. The lowest BCUT2D eigenvalue weighted by molar-refractivity contribution is -0.120. The smallest absolute Gasteiger partial charge is 0.251 e. The predicted molar refractivity (Wildman–Crippen MR) is 67.0 cm³/mol. The van der Waals surface area contributed by atoms with Crippen LogP contribution in [0.3, 0.4) is 0 Å². The molecule has 1 aromatic carbocycles. The third-order valence-electron chi connectivity index (χ3n) is 2.30. The topological polar surface area (TPSA) is 143 Å². The van der Waals surface area contributed by atoms with Gasteiger partial charge in [0.15, 0.2) is 17.2 Å². The summed E-state index contributed by atoms with van der Waals surface area (Å²) >= 11 is 0. The molecule has 0 saturated heterocycles. The number of phenolic OH excluding ortho intramolecular Hbond substituents is 3. The Balaban J connectivity index is 2.48. The molecule has 0 saturated carbocycles. The van der Waals surface area contributed by atoms with Gasteiger partial charge in [-0.05, 0) is 12.1 Å². The molecule has 0 aliphatic heterocycles. The quantitative estimate of drug-likeness (QED) is 0.365. The van der Waals surface area contributed by atoms with Crippen molar-refractivity contribution in [1.29, 1.82) is 5.26 Å². The zero-order valence-electron chi connectivity index (χ0n) is 10.4. The Morgan fingerprint density at radius 1 is 1.10 bits per heavy atom. The molecule has 0 aromatic heterocycles. The summed E-state index contributed by atoms with van der Waals surface area (Å²) < 4.78 is 0. The Hall–Kier alpha value is -2.95. The Bertz CT molecular complexity index is 542. The Morgan fingerprint density at radius 2 is 1.65 bits per heavy atom. The van der Waals surface area contributed by atoms with Gasteiger partial charge >= 0.3 is 0 Å². The summed E-state index contributed by atoms with van der Waals surface area (Å²) in [6.07, 6.45) is -0.256. The highest BCUT2D eigenvalue weighted by molar-refractivity contribution is 5.95. The standard InChI is InChI=1S/C12H13N3O5/c13-2-1-10(18)14-3-4-15-12(20)7-5-8(16)11(19)9(17)6-7/h5-6,16-17,19H,1,3-4H2,(H,14,18)(H,15,20). The van der Waals surface area contributed by atoms with Crippen molar-refractivity contribution >= 4 is 11.8 Å². The lowest BCUT2D eigenvalue weighted by Gasteiger charge is -2.08. The van der Waals surface area contributed by atoms with Crippen LogP contribution >= 0.6 is 0 Å². The zero-order valence-corrected chi connectivity index (χ0v) is 10.4. The number of phenols is 3. The van der Waals surface area contributed by atoms with Crippen LogP contribution in [-0.4, -0.2) is 40.2 Å². The summed E-state index contributed by atoms with van der Waals surface area (Å²) in [7, 11) is 0. The van der Waals surface area contributed by atoms with Crippen LogP contribution in [0.25, 0.3) is 0 Å². The average molecular weight is 279 g/mol. The van der Waals surface area contributed by atoms with E-state index in [1.54, 1.807) is 6.07 Å². The second kappa shape index (κ2) is 6.84. The molecule has 1 aromatic rings. The molecule has 0 unspecified atom stereocenters. The van der Waals surface area contributed by atoms with Crippen molar-refractivity contribution in [3.63, 3.8) is 0 Å². The first-order chi connectivity index (χ1) is 9.45. The van der Waals surface area contributed by atoms with E-state index < -0.39 is 29.1 Å². The first-order valence-electron chi connectivity index (χ1n) is 5.62. The summed E-state index contributed by atoms with van der Waals surface area (Å²) in [5.41, 5.74) is -0.0406. The van der Waals surface area contributed by atoms with Crippen LogP contribution in [-0.2, 0) is 4.79 Å². The van der Waals surface area contributed by atoms with Crippen molar-refractivity contribution in [1.82, 2.24) is 10.6 Å². The van der Waals surface area contributed by atoms with Crippen LogP contribution in [0.2, 0.25) is 0 Å². The number of hydrogen-bond donors (Lipinski definition) is 5. The van der Waals surface area contributed by atoms with Crippen molar-refractivity contribution in [2.24, 2.45) is 0 Å². The minimum absolute atomic E-state index is 0.0406. The van der Waals surface area contributed by atoms with Gasteiger partial charge in [-0.2, -0.15) is 5.26 Å². The van der Waals surface area contributed by atoms with E-state index >= 15 is 0 Å². The van der Waals surface area contributed by atoms with E-state index in [4.69, 9.17) is 10.4 Å². The van der Waals surface area contributed by atoms with E-state index in [1.807, 2.05) is 0 Å². The van der Waals surface area contributed by atoms with E-state index in [2.05, 4.69) is 10.6 Å². The van der Waals surface area contributed by atoms with E-state index in [0.29, 0.717) is 0 Å². The Labute approximate surface area is 114 Å². The molecule has 0 spiro atoms. The molecule has 20 heavy (non-hydrogen) atoms. The first kappa shape index (κ1) is 15.1. The SMILES string of the molecule is N#CCC(=O)NCCNC(=O)c1cc(O)c(O)c(O)c1. The molecule has 0 bridgehead atoms. The van der Waals surface area contributed by atoms with Crippen LogP contribution in [0.1, 0.15) is 16.8 Å². The molecule has 8 nitrogen and oxygen atoms in total. The van der Waals surface area contributed by atoms with Gasteiger partial charge in [-0.25, -0.2) is 0 Å². The average Bonchev–Trinajstić information content (AvgIpc) is 2.40. The normalized spacial score (nSPS) is 9.55. The number of nitrogens with one attached hydrogen (secondary N) is 2. The number of benzene rings is 1. The van der Waals surface area contributed by atoms with Crippen LogP contribution in [0.5, 0.6) is 17.2 Å². The molecule has 0 atom stereocenters. The molecule has 0 radical (unpaired) electrons. The largest absolute Gasteiger partial charge is 0.504 e. The zero-order chi connectivity index (χ0) is 15.1. The van der Waals surface area contributed by atoms with Crippen LogP contribution in [0.4, 0.5) is 0 Å². The van der Waals surface area contributed by atoms with Gasteiger partial charge in [0.1, 0.15) is 6.42 Å². The van der Waals surface area contributed by atoms with Crippen molar-refractivity contribution in [3.05, 3.63) is 17.7 Å². The monoisotopic (exact) mass is 279 g/mol. The van der Waals surface area contributed by atoms with Gasteiger partial charge in [0.25, 0.3) is 5.91 Å². The molecule has 0 fully saturated rings. The number of hydrogen-bond acceptors (Lipinski definition) is 6. The highest BCUT2D eigenvalue weighted by Crippen LogP contribution is 2.35. The number of carbonyl (C=O) groups is 2. The Kier molecular flexibility index (Phi) is 5.17. The summed E-state index contributed by atoms with van der Waals surface area (Å²) in [4.78, 5) is 22.6. The van der Waals surface area contributed by atoms with Crippen molar-refractivity contribution in [3.8, 4) is 23.3 Å². The minimum Gasteiger partial charge on any atom is -0.504 e. The summed E-state index contributed by atoms with van der Waals surface area (Å²) in [5, 5.41) is 40.7. The van der Waals surface area contributed by atoms with Crippen LogP contribution in [0, 0.1) is 11.3 Å². The van der Waals surface area contributed by atoms with Gasteiger partial charge in [-0.15, -0.1) is 0 Å². The highest BCUT2D eigenvalue weighted by atomic mass is 16.3. The van der Waals surface area contributed by atoms with Gasteiger partial charge in [0, 0.05) is 18.7 Å². The molecule has 0 aliphatic carbocycles. The van der Waals surface area contributed by atoms with Crippen molar-refractivity contribution in [2.75, 3.05) is 13.1 Å². The lowest BCUT2D eigenvalue weighted by Crippen LogP contribution is -2.34. The van der Waals surface area contributed by atoms with Crippen molar-refractivity contribution in [2.45, 2.75) is 6.42 Å². The fourth-order valence-corrected chi connectivity index (χ4v) is 1.35. The third-order valence-corrected chi connectivity index (χ3v) is 2.30. The van der Waals surface area contributed by atoms with E-state index in [-0.39, 0.29) is 25.1 Å². The first-order valence-corrected chi connectivity index (χ1v) is 5.62. The van der Waals surface area contributed by atoms with Gasteiger partial charge in [-0.1, -0.05) is 0 Å². The molecule has 2 amide bonds. The summed E-state index contributed by atoms with van der Waals surface area (Å²) in [5.74, 6) is -2.97. The van der Waals surface area contributed by atoms with Gasteiger partial charge in [0.2, 0.25) is 5.91 Å². The fourth-order valence-electron chi connectivity index (χ4n) is 1.35. The lowest BCUT2D eigenvalue weighted by atomic mass is 10.1. The number of rotatable bonds is 5. The maximum absolute atomic E-state index is 11.7. The highest BCUT2D eigenvalue weighted by Gasteiger charge is 2.13.